The maximum atomic E-state index is 12.0. The van der Waals surface area contributed by atoms with E-state index in [1.807, 2.05) is 18.3 Å². The lowest BCUT2D eigenvalue weighted by molar-refractivity contribution is -0.121. The van der Waals surface area contributed by atoms with E-state index in [1.54, 1.807) is 16.8 Å². The number of nitrogens with zero attached hydrogens (tertiary/aromatic N) is 1. The van der Waals surface area contributed by atoms with Gasteiger partial charge in [0, 0.05) is 24.0 Å². The standard InChI is InChI=1S/C20H20N2OS/c1-15-5-7-17(8-6-15)18-4-2-3-16(11-18)12-22-20(23)10-9-19-13-21-14-24-19/h2-8,11,13-14H,9-10,12H2,1H3,(H,22,23). The third kappa shape index (κ3) is 4.52. The lowest BCUT2D eigenvalue weighted by Gasteiger charge is -2.08. The van der Waals surface area contributed by atoms with Gasteiger partial charge in [-0.1, -0.05) is 48.0 Å². The lowest BCUT2D eigenvalue weighted by atomic mass is 10.0. The van der Waals surface area contributed by atoms with E-state index < -0.39 is 0 Å². The van der Waals surface area contributed by atoms with Gasteiger partial charge in [0.25, 0.3) is 0 Å². The van der Waals surface area contributed by atoms with E-state index in [2.05, 4.69) is 53.6 Å². The molecule has 0 radical (unpaired) electrons. The fourth-order valence-corrected chi connectivity index (χ4v) is 3.10. The Morgan fingerprint density at radius 3 is 2.71 bits per heavy atom. The minimum Gasteiger partial charge on any atom is -0.352 e. The molecule has 1 heterocycles. The van der Waals surface area contributed by atoms with E-state index in [4.69, 9.17) is 0 Å². The Hall–Kier alpha value is -2.46. The second-order valence-corrected chi connectivity index (χ2v) is 6.78. The number of aromatic nitrogens is 1. The van der Waals surface area contributed by atoms with Gasteiger partial charge < -0.3 is 5.32 Å². The first-order chi connectivity index (χ1) is 11.7. The summed E-state index contributed by atoms with van der Waals surface area (Å²) in [5, 5.41) is 2.99. The topological polar surface area (TPSA) is 42.0 Å². The molecule has 0 spiro atoms. The SMILES string of the molecule is Cc1ccc(-c2cccc(CNC(=O)CCc3cncs3)c2)cc1. The molecule has 0 unspecified atom stereocenters. The molecular formula is C20H20N2OS. The average molecular weight is 336 g/mol. The van der Waals surface area contributed by atoms with Crippen LogP contribution in [0.15, 0.2) is 60.2 Å². The fraction of sp³-hybridized carbons (Fsp3) is 0.200. The Morgan fingerprint density at radius 1 is 1.12 bits per heavy atom. The van der Waals surface area contributed by atoms with Gasteiger partial charge in [-0.15, -0.1) is 11.3 Å². The molecule has 0 aliphatic carbocycles. The molecule has 1 aromatic heterocycles. The first-order valence-corrected chi connectivity index (χ1v) is 8.89. The molecule has 1 N–H and O–H groups in total. The van der Waals surface area contributed by atoms with Gasteiger partial charge in [-0.05, 0) is 36.1 Å². The van der Waals surface area contributed by atoms with E-state index >= 15 is 0 Å². The van der Waals surface area contributed by atoms with Gasteiger partial charge in [0.2, 0.25) is 5.91 Å². The van der Waals surface area contributed by atoms with Crippen molar-refractivity contribution < 1.29 is 4.79 Å². The van der Waals surface area contributed by atoms with Crippen molar-refractivity contribution in [2.75, 3.05) is 0 Å². The molecule has 122 valence electrons. The predicted octanol–water partition coefficient (Wildman–Crippen LogP) is 4.37. The zero-order valence-corrected chi connectivity index (χ0v) is 14.5. The van der Waals surface area contributed by atoms with Crippen molar-refractivity contribution in [2.45, 2.75) is 26.3 Å². The largest absolute Gasteiger partial charge is 0.352 e. The zero-order chi connectivity index (χ0) is 16.8. The fourth-order valence-electron chi connectivity index (χ4n) is 2.50. The van der Waals surface area contributed by atoms with Gasteiger partial charge in [0.15, 0.2) is 0 Å². The maximum absolute atomic E-state index is 12.0. The van der Waals surface area contributed by atoms with Crippen LogP contribution in [0.2, 0.25) is 0 Å². The summed E-state index contributed by atoms with van der Waals surface area (Å²) < 4.78 is 0. The van der Waals surface area contributed by atoms with Gasteiger partial charge in [-0.25, -0.2) is 0 Å². The van der Waals surface area contributed by atoms with Crippen molar-refractivity contribution in [3.63, 3.8) is 0 Å². The number of rotatable bonds is 6. The summed E-state index contributed by atoms with van der Waals surface area (Å²) >= 11 is 1.59. The van der Waals surface area contributed by atoms with Gasteiger partial charge in [-0.3, -0.25) is 9.78 Å². The summed E-state index contributed by atoms with van der Waals surface area (Å²) in [4.78, 5) is 17.1. The van der Waals surface area contributed by atoms with Crippen molar-refractivity contribution in [3.8, 4) is 11.1 Å². The van der Waals surface area contributed by atoms with Crippen molar-refractivity contribution in [1.82, 2.24) is 10.3 Å². The second-order valence-electron chi connectivity index (χ2n) is 5.81. The highest BCUT2D eigenvalue weighted by Crippen LogP contribution is 2.21. The van der Waals surface area contributed by atoms with Crippen LogP contribution < -0.4 is 5.32 Å². The van der Waals surface area contributed by atoms with Crippen LogP contribution in [0.4, 0.5) is 0 Å². The van der Waals surface area contributed by atoms with E-state index in [-0.39, 0.29) is 5.91 Å². The quantitative estimate of drug-likeness (QED) is 0.726. The van der Waals surface area contributed by atoms with Crippen molar-refractivity contribution in [1.29, 1.82) is 0 Å². The van der Waals surface area contributed by atoms with Crippen LogP contribution >= 0.6 is 11.3 Å². The molecule has 4 heteroatoms. The molecule has 0 fully saturated rings. The molecule has 0 atom stereocenters. The number of aryl methyl sites for hydroxylation is 2. The van der Waals surface area contributed by atoms with Crippen LogP contribution in [-0.4, -0.2) is 10.9 Å². The van der Waals surface area contributed by atoms with E-state index in [9.17, 15) is 4.79 Å². The Morgan fingerprint density at radius 2 is 1.96 bits per heavy atom. The van der Waals surface area contributed by atoms with Gasteiger partial charge >= 0.3 is 0 Å². The minimum absolute atomic E-state index is 0.0733. The molecule has 2 aromatic carbocycles. The van der Waals surface area contributed by atoms with Crippen LogP contribution in [-0.2, 0) is 17.8 Å². The van der Waals surface area contributed by atoms with Crippen molar-refractivity contribution >= 4 is 17.2 Å². The molecule has 3 aromatic rings. The van der Waals surface area contributed by atoms with Crippen LogP contribution in [0.1, 0.15) is 22.4 Å². The summed E-state index contributed by atoms with van der Waals surface area (Å²) in [7, 11) is 0. The number of benzene rings is 2. The van der Waals surface area contributed by atoms with Crippen LogP contribution in [0.5, 0.6) is 0 Å². The summed E-state index contributed by atoms with van der Waals surface area (Å²) in [5.41, 5.74) is 6.52. The monoisotopic (exact) mass is 336 g/mol. The van der Waals surface area contributed by atoms with E-state index in [1.165, 1.54) is 16.7 Å². The maximum Gasteiger partial charge on any atom is 0.220 e. The number of carbonyl (C=O) groups is 1. The normalized spacial score (nSPS) is 10.5. The number of nitrogens with one attached hydrogen (secondary N) is 1. The summed E-state index contributed by atoms with van der Waals surface area (Å²) in [5.74, 6) is 0.0733. The average Bonchev–Trinajstić information content (AvgIpc) is 3.13. The predicted molar refractivity (Wildman–Crippen MR) is 98.9 cm³/mol. The third-order valence-corrected chi connectivity index (χ3v) is 4.72. The molecule has 3 nitrogen and oxygen atoms in total. The molecule has 0 aliphatic heterocycles. The van der Waals surface area contributed by atoms with Crippen LogP contribution in [0.3, 0.4) is 0 Å². The molecule has 0 saturated heterocycles. The Bertz CT molecular complexity index is 795. The minimum atomic E-state index is 0.0733. The zero-order valence-electron chi connectivity index (χ0n) is 13.7. The third-order valence-electron chi connectivity index (χ3n) is 3.88. The van der Waals surface area contributed by atoms with Crippen LogP contribution in [0.25, 0.3) is 11.1 Å². The lowest BCUT2D eigenvalue weighted by Crippen LogP contribution is -2.22. The molecule has 0 bridgehead atoms. The second kappa shape index (κ2) is 7.88. The highest BCUT2D eigenvalue weighted by Gasteiger charge is 2.04. The first-order valence-electron chi connectivity index (χ1n) is 8.01. The Labute approximate surface area is 146 Å². The Balaban J connectivity index is 1.56. The summed E-state index contributed by atoms with van der Waals surface area (Å²) in [6.45, 7) is 2.64. The summed E-state index contributed by atoms with van der Waals surface area (Å²) in [6.07, 6.45) is 3.07. The smallest absolute Gasteiger partial charge is 0.220 e. The van der Waals surface area contributed by atoms with Gasteiger partial charge in [0.05, 0.1) is 5.51 Å². The Kier molecular flexibility index (Phi) is 5.39. The molecule has 0 aliphatic rings. The number of amides is 1. The highest BCUT2D eigenvalue weighted by molar-refractivity contribution is 7.09. The molecular weight excluding hydrogens is 316 g/mol. The first kappa shape index (κ1) is 16.4. The molecule has 1 amide bonds. The molecule has 3 rings (SSSR count). The van der Waals surface area contributed by atoms with Crippen molar-refractivity contribution in [3.05, 3.63) is 76.2 Å². The van der Waals surface area contributed by atoms with E-state index in [0.29, 0.717) is 13.0 Å². The van der Waals surface area contributed by atoms with Gasteiger partial charge in [0.1, 0.15) is 0 Å². The number of hydrogen-bond donors (Lipinski definition) is 1. The van der Waals surface area contributed by atoms with E-state index in [0.717, 1.165) is 16.9 Å². The van der Waals surface area contributed by atoms with Crippen LogP contribution in [0, 0.1) is 6.92 Å². The number of thiazole rings is 1. The summed E-state index contributed by atoms with van der Waals surface area (Å²) in [6, 6.07) is 16.8. The number of carbonyl (C=O) groups excluding carboxylic acids is 1. The van der Waals surface area contributed by atoms with Gasteiger partial charge in [-0.2, -0.15) is 0 Å². The molecule has 0 saturated carbocycles. The number of hydrogen-bond acceptors (Lipinski definition) is 3. The molecule has 24 heavy (non-hydrogen) atoms. The highest BCUT2D eigenvalue weighted by atomic mass is 32.1. The van der Waals surface area contributed by atoms with Crippen molar-refractivity contribution in [2.24, 2.45) is 0 Å².